The number of carbonyl (C=O) groups is 1. The Balaban J connectivity index is 4.72. The molecule has 15 heavy (non-hydrogen) atoms. The summed E-state index contributed by atoms with van der Waals surface area (Å²) < 4.78 is 0. The van der Waals surface area contributed by atoms with Gasteiger partial charge in [0.1, 0.15) is 6.29 Å². The van der Waals surface area contributed by atoms with Crippen LogP contribution in [0.15, 0.2) is 0 Å². The highest BCUT2D eigenvalue weighted by atomic mass is 16.1. The van der Waals surface area contributed by atoms with E-state index in [2.05, 4.69) is 53.4 Å². The van der Waals surface area contributed by atoms with E-state index in [1.54, 1.807) is 0 Å². The van der Waals surface area contributed by atoms with E-state index in [-0.39, 0.29) is 11.1 Å². The molecule has 0 rings (SSSR count). The third kappa shape index (κ3) is 4.78. The summed E-state index contributed by atoms with van der Waals surface area (Å²) >= 11 is 0. The molecule has 0 saturated carbocycles. The molecule has 2 nitrogen and oxygen atoms in total. The molecule has 0 heterocycles. The third-order valence-electron chi connectivity index (χ3n) is 2.59. The lowest BCUT2D eigenvalue weighted by Crippen LogP contribution is -2.56. The summed E-state index contributed by atoms with van der Waals surface area (Å²) in [7, 11) is 0. The molecule has 90 valence electrons. The normalized spacial score (nSPS) is 15.5. The van der Waals surface area contributed by atoms with Crippen molar-refractivity contribution in [2.45, 2.75) is 78.4 Å². The van der Waals surface area contributed by atoms with E-state index < -0.39 is 0 Å². The third-order valence-corrected chi connectivity index (χ3v) is 2.59. The summed E-state index contributed by atoms with van der Waals surface area (Å²) in [6.07, 6.45) is 2.61. The van der Waals surface area contributed by atoms with Crippen molar-refractivity contribution in [2.24, 2.45) is 0 Å². The van der Waals surface area contributed by atoms with Crippen LogP contribution in [0, 0.1) is 0 Å². The van der Waals surface area contributed by atoms with Gasteiger partial charge in [0.05, 0.1) is 0 Å². The fourth-order valence-electron chi connectivity index (χ4n) is 2.77. The minimum Gasteiger partial charge on any atom is -0.303 e. The Kier molecular flexibility index (Phi) is 4.98. The van der Waals surface area contributed by atoms with Gasteiger partial charge in [-0.1, -0.05) is 0 Å². The first-order chi connectivity index (χ1) is 6.60. The van der Waals surface area contributed by atoms with Gasteiger partial charge in [-0.15, -0.1) is 0 Å². The number of aldehydes is 1. The van der Waals surface area contributed by atoms with Crippen LogP contribution in [0.1, 0.15) is 61.3 Å². The molecule has 0 aromatic carbocycles. The summed E-state index contributed by atoms with van der Waals surface area (Å²) in [6, 6.07) is 0.440. The maximum atomic E-state index is 10.4. The van der Waals surface area contributed by atoms with Crippen LogP contribution in [-0.4, -0.2) is 28.3 Å². The topological polar surface area (TPSA) is 20.3 Å². The van der Waals surface area contributed by atoms with E-state index in [9.17, 15) is 4.79 Å². The Hall–Kier alpha value is -0.370. The van der Waals surface area contributed by atoms with Gasteiger partial charge < -0.3 is 4.79 Å². The molecule has 0 aliphatic heterocycles. The molecular weight excluding hydrogens is 186 g/mol. The molecule has 0 amide bonds. The van der Waals surface area contributed by atoms with Gasteiger partial charge in [0.25, 0.3) is 0 Å². The van der Waals surface area contributed by atoms with Gasteiger partial charge in [-0.05, 0) is 54.9 Å². The van der Waals surface area contributed by atoms with Gasteiger partial charge in [0.2, 0.25) is 0 Å². The summed E-state index contributed by atoms with van der Waals surface area (Å²) in [5.41, 5.74) is 0.279. The van der Waals surface area contributed by atoms with E-state index in [4.69, 9.17) is 0 Å². The highest BCUT2D eigenvalue weighted by Crippen LogP contribution is 2.28. The summed E-state index contributed by atoms with van der Waals surface area (Å²) in [6.45, 7) is 15.6. The van der Waals surface area contributed by atoms with Gasteiger partial charge in [-0.3, -0.25) is 4.90 Å². The van der Waals surface area contributed by atoms with E-state index in [1.807, 2.05) is 0 Å². The Labute approximate surface area is 95.0 Å². The number of hydrogen-bond donors (Lipinski definition) is 0. The van der Waals surface area contributed by atoms with Crippen LogP contribution in [0.5, 0.6) is 0 Å². The van der Waals surface area contributed by atoms with Crippen LogP contribution in [-0.2, 0) is 4.79 Å². The summed E-state index contributed by atoms with van der Waals surface area (Å²) in [5, 5.41) is 0. The predicted octanol–water partition coefficient (Wildman–Crippen LogP) is 3.25. The molecule has 1 atom stereocenters. The van der Waals surface area contributed by atoms with Crippen molar-refractivity contribution in [1.82, 2.24) is 4.90 Å². The maximum Gasteiger partial charge on any atom is 0.120 e. The van der Waals surface area contributed by atoms with Crippen molar-refractivity contribution >= 4 is 6.29 Å². The number of hydrogen-bond acceptors (Lipinski definition) is 2. The molecule has 0 aromatic rings. The molecule has 0 fully saturated rings. The predicted molar refractivity (Wildman–Crippen MR) is 66.1 cm³/mol. The van der Waals surface area contributed by atoms with Crippen molar-refractivity contribution in [3.8, 4) is 0 Å². The molecule has 0 bridgehead atoms. The first kappa shape index (κ1) is 14.6. The van der Waals surface area contributed by atoms with Gasteiger partial charge in [-0.25, -0.2) is 0 Å². The second-order valence-corrected chi connectivity index (χ2v) is 6.30. The fraction of sp³-hybridized carbons (Fsp3) is 0.923. The van der Waals surface area contributed by atoms with Gasteiger partial charge in [0, 0.05) is 23.5 Å². The van der Waals surface area contributed by atoms with Crippen LogP contribution in [0.4, 0.5) is 0 Å². The fourth-order valence-corrected chi connectivity index (χ4v) is 2.77. The largest absolute Gasteiger partial charge is 0.303 e. The molecule has 2 heteroatoms. The molecule has 0 spiro atoms. The molecular formula is C13H27NO. The zero-order chi connectivity index (χ0) is 12.3. The molecule has 0 saturated heterocycles. The smallest absolute Gasteiger partial charge is 0.120 e. The zero-order valence-corrected chi connectivity index (χ0v) is 11.4. The van der Waals surface area contributed by atoms with Crippen molar-refractivity contribution in [3.05, 3.63) is 0 Å². The van der Waals surface area contributed by atoms with E-state index in [0.717, 1.165) is 12.7 Å². The first-order valence-corrected chi connectivity index (χ1v) is 5.83. The van der Waals surface area contributed by atoms with E-state index >= 15 is 0 Å². The van der Waals surface area contributed by atoms with Crippen LogP contribution in [0.2, 0.25) is 0 Å². The lowest BCUT2D eigenvalue weighted by molar-refractivity contribution is -0.108. The highest BCUT2D eigenvalue weighted by Gasteiger charge is 2.34. The second-order valence-electron chi connectivity index (χ2n) is 6.30. The van der Waals surface area contributed by atoms with Gasteiger partial charge >= 0.3 is 0 Å². The standard InChI is InChI=1S/C13H27NO/c1-11(9-8-10-15)14(12(2,3)4)13(5,6)7/h10-11H,8-9H2,1-7H3. The number of rotatable bonds is 4. The Morgan fingerprint density at radius 1 is 1.07 bits per heavy atom. The van der Waals surface area contributed by atoms with E-state index in [0.29, 0.717) is 12.5 Å². The van der Waals surface area contributed by atoms with Crippen molar-refractivity contribution < 1.29 is 4.79 Å². The molecule has 0 aliphatic rings. The van der Waals surface area contributed by atoms with Crippen LogP contribution >= 0.6 is 0 Å². The number of nitrogens with zero attached hydrogens (tertiary/aromatic N) is 1. The number of carbonyl (C=O) groups excluding carboxylic acids is 1. The lowest BCUT2D eigenvalue weighted by Gasteiger charge is -2.49. The maximum absolute atomic E-state index is 10.4. The van der Waals surface area contributed by atoms with Crippen molar-refractivity contribution in [3.63, 3.8) is 0 Å². The Morgan fingerprint density at radius 2 is 1.47 bits per heavy atom. The minimum atomic E-state index is 0.139. The first-order valence-electron chi connectivity index (χ1n) is 5.83. The SMILES string of the molecule is CC(CCC=O)N(C(C)(C)C)C(C)(C)C. The molecule has 0 aliphatic carbocycles. The monoisotopic (exact) mass is 213 g/mol. The average Bonchev–Trinajstić information content (AvgIpc) is 1.94. The molecule has 1 unspecified atom stereocenters. The van der Waals surface area contributed by atoms with Crippen molar-refractivity contribution in [1.29, 1.82) is 0 Å². The second kappa shape index (κ2) is 5.11. The van der Waals surface area contributed by atoms with Gasteiger partial charge in [-0.2, -0.15) is 0 Å². The van der Waals surface area contributed by atoms with Crippen LogP contribution < -0.4 is 0 Å². The highest BCUT2D eigenvalue weighted by molar-refractivity contribution is 5.49. The summed E-state index contributed by atoms with van der Waals surface area (Å²) in [4.78, 5) is 12.9. The Bertz CT molecular complexity index is 184. The summed E-state index contributed by atoms with van der Waals surface area (Å²) in [5.74, 6) is 0. The minimum absolute atomic E-state index is 0.139. The lowest BCUT2D eigenvalue weighted by atomic mass is 9.92. The molecule has 0 aromatic heterocycles. The van der Waals surface area contributed by atoms with Gasteiger partial charge in [0.15, 0.2) is 0 Å². The molecule has 0 N–H and O–H groups in total. The Morgan fingerprint density at radius 3 is 1.73 bits per heavy atom. The zero-order valence-electron chi connectivity index (χ0n) is 11.4. The average molecular weight is 213 g/mol. The van der Waals surface area contributed by atoms with Crippen molar-refractivity contribution in [2.75, 3.05) is 0 Å². The molecule has 0 radical (unpaired) electrons. The van der Waals surface area contributed by atoms with Crippen LogP contribution in [0.25, 0.3) is 0 Å². The quantitative estimate of drug-likeness (QED) is 0.668. The van der Waals surface area contributed by atoms with Crippen LogP contribution in [0.3, 0.4) is 0 Å². The van der Waals surface area contributed by atoms with E-state index in [1.165, 1.54) is 0 Å².